The Kier molecular flexibility index (Phi) is 5.76. The van der Waals surface area contributed by atoms with Crippen LogP contribution in [-0.4, -0.2) is 19.8 Å². The van der Waals surface area contributed by atoms with Gasteiger partial charge in [-0.15, -0.1) is 0 Å². The monoisotopic (exact) mass is 286 g/mol. The van der Waals surface area contributed by atoms with Gasteiger partial charge in [-0.1, -0.05) is 18.2 Å². The Morgan fingerprint density at radius 3 is 2.62 bits per heavy atom. The van der Waals surface area contributed by atoms with Crippen LogP contribution < -0.4 is 20.5 Å². The Morgan fingerprint density at radius 1 is 1.05 bits per heavy atom. The van der Waals surface area contributed by atoms with Crippen LogP contribution in [0.5, 0.6) is 11.5 Å². The predicted octanol–water partition coefficient (Wildman–Crippen LogP) is 3.55. The molecule has 0 spiro atoms. The molecule has 0 aliphatic rings. The average Bonchev–Trinajstić information content (AvgIpc) is 2.51. The molecule has 0 atom stereocenters. The molecule has 0 aliphatic carbocycles. The van der Waals surface area contributed by atoms with Gasteiger partial charge in [0.2, 0.25) is 0 Å². The number of rotatable bonds is 8. The molecule has 2 rings (SSSR count). The Labute approximate surface area is 125 Å². The van der Waals surface area contributed by atoms with Crippen molar-refractivity contribution in [1.29, 1.82) is 0 Å². The van der Waals surface area contributed by atoms with Crippen LogP contribution in [0, 0.1) is 0 Å². The molecule has 4 nitrogen and oxygen atoms in total. The van der Waals surface area contributed by atoms with Gasteiger partial charge in [0.1, 0.15) is 11.5 Å². The first kappa shape index (κ1) is 15.0. The fraction of sp³-hybridized carbons (Fsp3) is 0.294. The molecule has 0 radical (unpaired) electrons. The Hall–Kier alpha value is -2.36. The van der Waals surface area contributed by atoms with Gasteiger partial charge in [-0.05, 0) is 37.6 Å². The summed E-state index contributed by atoms with van der Waals surface area (Å²) in [6.07, 6.45) is 0.920. The van der Waals surface area contributed by atoms with Crippen molar-refractivity contribution in [3.8, 4) is 11.5 Å². The molecule has 0 saturated heterocycles. The van der Waals surface area contributed by atoms with E-state index in [1.54, 1.807) is 0 Å². The van der Waals surface area contributed by atoms with Gasteiger partial charge in [0, 0.05) is 18.3 Å². The lowest BCUT2D eigenvalue weighted by molar-refractivity contribution is 0.315. The molecule has 4 heteroatoms. The standard InChI is InChI=1S/C17H22N2O2/c1-2-20-17-13-14(9-10-16(17)18)19-11-6-12-21-15-7-4-3-5-8-15/h3-5,7-10,13,19H,2,6,11-12,18H2,1H3. The van der Waals surface area contributed by atoms with Gasteiger partial charge in [-0.25, -0.2) is 0 Å². The zero-order chi connectivity index (χ0) is 14.9. The minimum Gasteiger partial charge on any atom is -0.494 e. The molecule has 3 N–H and O–H groups in total. The lowest BCUT2D eigenvalue weighted by Crippen LogP contribution is -2.07. The van der Waals surface area contributed by atoms with Crippen molar-refractivity contribution in [2.75, 3.05) is 30.8 Å². The minimum atomic E-state index is 0.610. The molecule has 2 aromatic carbocycles. The minimum absolute atomic E-state index is 0.610. The number of benzene rings is 2. The lowest BCUT2D eigenvalue weighted by Gasteiger charge is -2.11. The van der Waals surface area contributed by atoms with Gasteiger partial charge >= 0.3 is 0 Å². The first-order valence-electron chi connectivity index (χ1n) is 7.23. The maximum Gasteiger partial charge on any atom is 0.144 e. The topological polar surface area (TPSA) is 56.5 Å². The zero-order valence-electron chi connectivity index (χ0n) is 12.3. The van der Waals surface area contributed by atoms with Gasteiger partial charge in [-0.2, -0.15) is 0 Å². The van der Waals surface area contributed by atoms with Crippen LogP contribution in [0.15, 0.2) is 48.5 Å². The number of anilines is 2. The van der Waals surface area contributed by atoms with Crippen molar-refractivity contribution in [2.45, 2.75) is 13.3 Å². The molecule has 0 bridgehead atoms. The smallest absolute Gasteiger partial charge is 0.144 e. The van der Waals surface area contributed by atoms with Crippen LogP contribution in [0.1, 0.15) is 13.3 Å². The summed E-state index contributed by atoms with van der Waals surface area (Å²) >= 11 is 0. The average molecular weight is 286 g/mol. The fourth-order valence-electron chi connectivity index (χ4n) is 1.94. The SMILES string of the molecule is CCOc1cc(NCCCOc2ccccc2)ccc1N. The molecule has 0 unspecified atom stereocenters. The van der Waals surface area contributed by atoms with Crippen LogP contribution in [0.25, 0.3) is 0 Å². The van der Waals surface area contributed by atoms with Crippen molar-refractivity contribution in [2.24, 2.45) is 0 Å². The Morgan fingerprint density at radius 2 is 1.86 bits per heavy atom. The highest BCUT2D eigenvalue weighted by atomic mass is 16.5. The van der Waals surface area contributed by atoms with E-state index in [0.717, 1.165) is 30.2 Å². The number of nitrogen functional groups attached to an aromatic ring is 1. The second kappa shape index (κ2) is 8.04. The van der Waals surface area contributed by atoms with Gasteiger partial charge in [-0.3, -0.25) is 0 Å². The second-order valence-electron chi connectivity index (χ2n) is 4.63. The van der Waals surface area contributed by atoms with Gasteiger partial charge in [0.25, 0.3) is 0 Å². The number of ether oxygens (including phenoxy) is 2. The molecule has 112 valence electrons. The van der Waals surface area contributed by atoms with Crippen LogP contribution in [0.3, 0.4) is 0 Å². The second-order valence-corrected chi connectivity index (χ2v) is 4.63. The van der Waals surface area contributed by atoms with E-state index < -0.39 is 0 Å². The summed E-state index contributed by atoms with van der Waals surface area (Å²) in [5.74, 6) is 1.63. The van der Waals surface area contributed by atoms with Gasteiger partial charge in [0.15, 0.2) is 0 Å². The van der Waals surface area contributed by atoms with E-state index in [9.17, 15) is 0 Å². The van der Waals surface area contributed by atoms with Crippen LogP contribution in [-0.2, 0) is 0 Å². The quantitative estimate of drug-likeness (QED) is 0.575. The summed E-state index contributed by atoms with van der Waals surface area (Å²) in [5.41, 5.74) is 7.51. The maximum atomic E-state index is 5.84. The molecule has 0 aliphatic heterocycles. The Balaban J connectivity index is 1.72. The van der Waals surface area contributed by atoms with E-state index in [4.69, 9.17) is 15.2 Å². The van der Waals surface area contributed by atoms with Crippen LogP contribution in [0.4, 0.5) is 11.4 Å². The molecule has 0 heterocycles. The van der Waals surface area contributed by atoms with Crippen molar-refractivity contribution >= 4 is 11.4 Å². The molecule has 21 heavy (non-hydrogen) atoms. The molecule has 0 aromatic heterocycles. The van der Waals surface area contributed by atoms with Gasteiger partial charge in [0.05, 0.1) is 18.9 Å². The summed E-state index contributed by atoms with van der Waals surface area (Å²) in [7, 11) is 0. The first-order valence-corrected chi connectivity index (χ1v) is 7.23. The molecular weight excluding hydrogens is 264 g/mol. The third-order valence-electron chi connectivity index (χ3n) is 2.98. The van der Waals surface area contributed by atoms with Crippen molar-refractivity contribution in [3.63, 3.8) is 0 Å². The molecule has 0 amide bonds. The maximum absolute atomic E-state index is 5.84. The number of hydrogen-bond donors (Lipinski definition) is 2. The van der Waals surface area contributed by atoms with E-state index in [0.29, 0.717) is 18.9 Å². The molecule has 0 saturated carbocycles. The summed E-state index contributed by atoms with van der Waals surface area (Å²) in [6.45, 7) is 4.08. The van der Waals surface area contributed by atoms with E-state index in [2.05, 4.69) is 5.32 Å². The largest absolute Gasteiger partial charge is 0.494 e. The van der Waals surface area contributed by atoms with E-state index in [1.165, 1.54) is 0 Å². The predicted molar refractivity (Wildman–Crippen MR) is 87.1 cm³/mol. The number of nitrogens with one attached hydrogen (secondary N) is 1. The highest BCUT2D eigenvalue weighted by Crippen LogP contribution is 2.25. The third kappa shape index (κ3) is 4.91. The number of hydrogen-bond acceptors (Lipinski definition) is 4. The molecular formula is C17H22N2O2. The third-order valence-corrected chi connectivity index (χ3v) is 2.98. The summed E-state index contributed by atoms with van der Waals surface area (Å²) in [5, 5.41) is 3.34. The van der Waals surface area contributed by atoms with Crippen LogP contribution >= 0.6 is 0 Å². The summed E-state index contributed by atoms with van der Waals surface area (Å²) in [4.78, 5) is 0. The van der Waals surface area contributed by atoms with Crippen molar-refractivity contribution < 1.29 is 9.47 Å². The van der Waals surface area contributed by atoms with Crippen LogP contribution in [0.2, 0.25) is 0 Å². The zero-order valence-corrected chi connectivity index (χ0v) is 12.3. The van der Waals surface area contributed by atoms with Crippen molar-refractivity contribution in [1.82, 2.24) is 0 Å². The lowest BCUT2D eigenvalue weighted by atomic mass is 10.2. The first-order chi connectivity index (χ1) is 10.3. The Bertz CT molecular complexity index is 544. The number of nitrogens with two attached hydrogens (primary N) is 1. The number of para-hydroxylation sites is 1. The summed E-state index contributed by atoms with van der Waals surface area (Å²) in [6, 6.07) is 15.6. The van der Waals surface area contributed by atoms with E-state index in [-0.39, 0.29) is 0 Å². The highest BCUT2D eigenvalue weighted by molar-refractivity contribution is 5.61. The van der Waals surface area contributed by atoms with E-state index in [1.807, 2.05) is 55.5 Å². The molecule has 2 aromatic rings. The van der Waals surface area contributed by atoms with Crippen molar-refractivity contribution in [3.05, 3.63) is 48.5 Å². The highest BCUT2D eigenvalue weighted by Gasteiger charge is 2.01. The van der Waals surface area contributed by atoms with E-state index >= 15 is 0 Å². The normalized spacial score (nSPS) is 10.1. The fourth-order valence-corrected chi connectivity index (χ4v) is 1.94. The molecule has 0 fully saturated rings. The van der Waals surface area contributed by atoms with Gasteiger partial charge < -0.3 is 20.5 Å². The summed E-state index contributed by atoms with van der Waals surface area (Å²) < 4.78 is 11.1.